The normalized spacial score (nSPS) is 11.7. The number of anilines is 1. The lowest BCUT2D eigenvalue weighted by Gasteiger charge is -2.14. The monoisotopic (exact) mass is 357 g/mol. The first-order chi connectivity index (χ1) is 12.4. The molecule has 0 radical (unpaired) electrons. The number of urea groups is 1. The van der Waals surface area contributed by atoms with Gasteiger partial charge in [-0.15, -0.1) is 0 Å². The molecule has 2 rings (SSSR count). The fraction of sp³-hybridized carbons (Fsp3) is 0.421. The van der Waals surface area contributed by atoms with E-state index in [4.69, 9.17) is 0 Å². The Kier molecular flexibility index (Phi) is 7.20. The van der Waals surface area contributed by atoms with Crippen molar-refractivity contribution in [1.29, 1.82) is 0 Å². The van der Waals surface area contributed by atoms with Crippen LogP contribution in [-0.4, -0.2) is 34.8 Å². The van der Waals surface area contributed by atoms with Crippen LogP contribution in [0.3, 0.4) is 0 Å². The first-order valence-corrected chi connectivity index (χ1v) is 8.81. The van der Waals surface area contributed by atoms with Crippen LogP contribution in [0.1, 0.15) is 24.7 Å². The summed E-state index contributed by atoms with van der Waals surface area (Å²) in [6.07, 6.45) is 0.245. The van der Waals surface area contributed by atoms with E-state index in [1.807, 2.05) is 42.8 Å². The number of carbonyl (C=O) groups is 2. The Labute approximate surface area is 154 Å². The molecule has 1 atom stereocenters. The lowest BCUT2D eigenvalue weighted by Crippen LogP contribution is -2.35. The molecule has 3 amide bonds. The quantitative estimate of drug-likeness (QED) is 0.678. The molecule has 0 saturated carbocycles. The molecule has 140 valence electrons. The highest BCUT2D eigenvalue weighted by Crippen LogP contribution is 2.06. The highest BCUT2D eigenvalue weighted by Gasteiger charge is 2.09. The van der Waals surface area contributed by atoms with Crippen molar-refractivity contribution < 1.29 is 9.59 Å². The number of aryl methyl sites for hydroxylation is 2. The third kappa shape index (κ3) is 6.58. The average molecular weight is 357 g/mol. The van der Waals surface area contributed by atoms with Crippen molar-refractivity contribution in [3.8, 4) is 0 Å². The molecule has 7 nitrogen and oxygen atoms in total. The molecular weight excluding hydrogens is 330 g/mol. The molecule has 0 aliphatic carbocycles. The number of benzene rings is 1. The SMILES string of the molecule is Cc1cc(C)n(C[C@H](C)CNC(=O)CCNC(=O)Nc2ccccc2)n1. The molecule has 1 aromatic carbocycles. The van der Waals surface area contributed by atoms with Gasteiger partial charge in [0.05, 0.1) is 5.69 Å². The smallest absolute Gasteiger partial charge is 0.319 e. The van der Waals surface area contributed by atoms with Crippen LogP contribution in [0.25, 0.3) is 0 Å². The predicted molar refractivity (Wildman–Crippen MR) is 102 cm³/mol. The van der Waals surface area contributed by atoms with E-state index in [0.717, 1.165) is 17.9 Å². The molecule has 0 bridgehead atoms. The number of carbonyl (C=O) groups excluding carboxylic acids is 2. The lowest BCUT2D eigenvalue weighted by molar-refractivity contribution is -0.121. The Morgan fingerprint density at radius 1 is 1.15 bits per heavy atom. The number of nitrogens with zero attached hydrogens (tertiary/aromatic N) is 2. The maximum atomic E-state index is 11.9. The van der Waals surface area contributed by atoms with Crippen molar-refractivity contribution in [2.24, 2.45) is 5.92 Å². The molecule has 0 aliphatic heterocycles. The van der Waals surface area contributed by atoms with Gasteiger partial charge in [0, 0.05) is 37.4 Å². The summed E-state index contributed by atoms with van der Waals surface area (Å²) in [6.45, 7) is 7.69. The van der Waals surface area contributed by atoms with Gasteiger partial charge in [-0.3, -0.25) is 9.48 Å². The second-order valence-corrected chi connectivity index (χ2v) is 6.52. The van der Waals surface area contributed by atoms with Crippen molar-refractivity contribution in [2.45, 2.75) is 33.7 Å². The Balaban J connectivity index is 1.61. The van der Waals surface area contributed by atoms with E-state index in [9.17, 15) is 9.59 Å². The standard InChI is InChI=1S/C19H27N5O2/c1-14(13-24-16(3)11-15(2)23-24)12-21-18(25)9-10-20-19(26)22-17-7-5-4-6-8-17/h4-8,11,14H,9-10,12-13H2,1-3H3,(H,21,25)(H2,20,22,26)/t14-/m1/s1. The maximum absolute atomic E-state index is 11.9. The number of hydrogen-bond donors (Lipinski definition) is 3. The second-order valence-electron chi connectivity index (χ2n) is 6.52. The first-order valence-electron chi connectivity index (χ1n) is 8.81. The number of rotatable bonds is 8. The predicted octanol–water partition coefficient (Wildman–Crippen LogP) is 2.46. The number of aromatic nitrogens is 2. The summed E-state index contributed by atoms with van der Waals surface area (Å²) in [7, 11) is 0. The maximum Gasteiger partial charge on any atom is 0.319 e. The number of amides is 3. The number of nitrogens with one attached hydrogen (secondary N) is 3. The Bertz CT molecular complexity index is 727. The molecular formula is C19H27N5O2. The van der Waals surface area contributed by atoms with Gasteiger partial charge in [0.15, 0.2) is 0 Å². The van der Waals surface area contributed by atoms with Crippen molar-refractivity contribution in [3.63, 3.8) is 0 Å². The van der Waals surface area contributed by atoms with E-state index in [1.165, 1.54) is 0 Å². The van der Waals surface area contributed by atoms with E-state index in [2.05, 4.69) is 28.0 Å². The summed E-state index contributed by atoms with van der Waals surface area (Å²) < 4.78 is 1.96. The molecule has 26 heavy (non-hydrogen) atoms. The van der Waals surface area contributed by atoms with E-state index in [-0.39, 0.29) is 30.8 Å². The van der Waals surface area contributed by atoms with Crippen molar-refractivity contribution >= 4 is 17.6 Å². The summed E-state index contributed by atoms with van der Waals surface area (Å²) in [5.74, 6) is 0.191. The van der Waals surface area contributed by atoms with Gasteiger partial charge >= 0.3 is 6.03 Å². The fourth-order valence-corrected chi connectivity index (χ4v) is 2.58. The van der Waals surface area contributed by atoms with Crippen LogP contribution in [0.4, 0.5) is 10.5 Å². The van der Waals surface area contributed by atoms with Crippen LogP contribution in [0, 0.1) is 19.8 Å². The fourth-order valence-electron chi connectivity index (χ4n) is 2.58. The summed E-state index contributed by atoms with van der Waals surface area (Å²) in [5.41, 5.74) is 2.83. The molecule has 0 saturated heterocycles. The second kappa shape index (κ2) is 9.60. The van der Waals surface area contributed by atoms with Gasteiger partial charge in [-0.05, 0) is 38.0 Å². The van der Waals surface area contributed by atoms with Gasteiger partial charge < -0.3 is 16.0 Å². The zero-order valence-electron chi connectivity index (χ0n) is 15.6. The summed E-state index contributed by atoms with van der Waals surface area (Å²) in [6, 6.07) is 10.9. The zero-order chi connectivity index (χ0) is 18.9. The minimum absolute atomic E-state index is 0.0785. The molecule has 0 unspecified atom stereocenters. The molecule has 0 fully saturated rings. The van der Waals surface area contributed by atoms with Crippen LogP contribution in [0.2, 0.25) is 0 Å². The van der Waals surface area contributed by atoms with Crippen LogP contribution in [0.15, 0.2) is 36.4 Å². The Morgan fingerprint density at radius 3 is 2.54 bits per heavy atom. The largest absolute Gasteiger partial charge is 0.356 e. The van der Waals surface area contributed by atoms with E-state index in [1.54, 1.807) is 12.1 Å². The third-order valence-corrected chi connectivity index (χ3v) is 3.90. The van der Waals surface area contributed by atoms with E-state index in [0.29, 0.717) is 12.2 Å². The van der Waals surface area contributed by atoms with Gasteiger partial charge in [0.2, 0.25) is 5.91 Å². The topological polar surface area (TPSA) is 88.0 Å². The third-order valence-electron chi connectivity index (χ3n) is 3.90. The van der Waals surface area contributed by atoms with Crippen LogP contribution < -0.4 is 16.0 Å². The summed E-state index contributed by atoms with van der Waals surface area (Å²) in [4.78, 5) is 23.6. The van der Waals surface area contributed by atoms with Crippen molar-refractivity contribution in [3.05, 3.63) is 47.8 Å². The molecule has 1 aromatic heterocycles. The van der Waals surface area contributed by atoms with Gasteiger partial charge in [0.25, 0.3) is 0 Å². The van der Waals surface area contributed by atoms with Crippen molar-refractivity contribution in [1.82, 2.24) is 20.4 Å². The van der Waals surface area contributed by atoms with Crippen LogP contribution >= 0.6 is 0 Å². The molecule has 1 heterocycles. The molecule has 0 aliphatic rings. The zero-order valence-corrected chi connectivity index (χ0v) is 15.6. The molecule has 7 heteroatoms. The average Bonchev–Trinajstić information content (AvgIpc) is 2.91. The minimum Gasteiger partial charge on any atom is -0.356 e. The highest BCUT2D eigenvalue weighted by molar-refractivity contribution is 5.89. The first kappa shape index (κ1) is 19.5. The molecule has 0 spiro atoms. The minimum atomic E-state index is -0.318. The Hall–Kier alpha value is -2.83. The van der Waals surface area contributed by atoms with Gasteiger partial charge in [-0.1, -0.05) is 25.1 Å². The van der Waals surface area contributed by atoms with E-state index >= 15 is 0 Å². The number of para-hydroxylation sites is 1. The summed E-state index contributed by atoms with van der Waals surface area (Å²) in [5, 5.41) is 12.7. The van der Waals surface area contributed by atoms with Crippen molar-refractivity contribution in [2.75, 3.05) is 18.4 Å². The number of hydrogen-bond acceptors (Lipinski definition) is 3. The van der Waals surface area contributed by atoms with Gasteiger partial charge in [-0.2, -0.15) is 5.10 Å². The Morgan fingerprint density at radius 2 is 1.88 bits per heavy atom. The van der Waals surface area contributed by atoms with Crippen LogP contribution in [-0.2, 0) is 11.3 Å². The molecule has 2 aromatic rings. The van der Waals surface area contributed by atoms with E-state index < -0.39 is 0 Å². The lowest BCUT2D eigenvalue weighted by atomic mass is 10.2. The highest BCUT2D eigenvalue weighted by atomic mass is 16.2. The van der Waals surface area contributed by atoms with Gasteiger partial charge in [-0.25, -0.2) is 4.79 Å². The summed E-state index contributed by atoms with van der Waals surface area (Å²) >= 11 is 0. The van der Waals surface area contributed by atoms with Crippen LogP contribution in [0.5, 0.6) is 0 Å². The van der Waals surface area contributed by atoms with Gasteiger partial charge in [0.1, 0.15) is 0 Å². The molecule has 3 N–H and O–H groups in total.